The average molecular weight is 170 g/mol. The summed E-state index contributed by atoms with van der Waals surface area (Å²) in [6.45, 7) is 0. The van der Waals surface area contributed by atoms with Crippen LogP contribution in [0.25, 0.3) is 0 Å². The van der Waals surface area contributed by atoms with Gasteiger partial charge < -0.3 is 10.4 Å². The van der Waals surface area contributed by atoms with E-state index in [0.29, 0.717) is 5.54 Å². The number of carbonyl (C=O) groups is 1. The van der Waals surface area contributed by atoms with Gasteiger partial charge in [0.2, 0.25) is 0 Å². The van der Waals surface area contributed by atoms with Crippen molar-refractivity contribution in [2.75, 3.05) is 0 Å². The van der Waals surface area contributed by atoms with E-state index in [2.05, 4.69) is 10.6 Å². The standard InChI is InChI=1S/C8H14N2O2/c11-7(12)9-6-5-8(10-6)3-1-2-4-8/h6,9-10H,1-5H2,(H,11,12). The van der Waals surface area contributed by atoms with Crippen molar-refractivity contribution in [2.24, 2.45) is 0 Å². The van der Waals surface area contributed by atoms with Crippen LogP contribution in [0.15, 0.2) is 0 Å². The molecular weight excluding hydrogens is 156 g/mol. The molecule has 1 aliphatic carbocycles. The normalized spacial score (nSPS) is 31.5. The minimum absolute atomic E-state index is 0.000556. The van der Waals surface area contributed by atoms with E-state index < -0.39 is 6.09 Å². The van der Waals surface area contributed by atoms with Crippen LogP contribution < -0.4 is 10.6 Å². The molecule has 2 fully saturated rings. The fourth-order valence-electron chi connectivity index (χ4n) is 2.38. The molecule has 0 aromatic heterocycles. The highest BCUT2D eigenvalue weighted by Crippen LogP contribution is 2.39. The van der Waals surface area contributed by atoms with Crippen molar-refractivity contribution in [3.63, 3.8) is 0 Å². The van der Waals surface area contributed by atoms with E-state index in [1.165, 1.54) is 25.7 Å². The molecule has 4 nitrogen and oxygen atoms in total. The molecule has 0 bridgehead atoms. The average Bonchev–Trinajstić information content (AvgIpc) is 2.33. The van der Waals surface area contributed by atoms with Crippen molar-refractivity contribution in [1.82, 2.24) is 10.6 Å². The summed E-state index contributed by atoms with van der Waals surface area (Å²) in [5.41, 5.74) is 0.299. The van der Waals surface area contributed by atoms with Crippen LogP contribution in [0.1, 0.15) is 32.1 Å². The number of amides is 1. The first kappa shape index (κ1) is 7.86. The van der Waals surface area contributed by atoms with Crippen LogP contribution in [0.3, 0.4) is 0 Å². The maximum atomic E-state index is 10.3. The molecule has 1 atom stereocenters. The molecule has 0 aromatic carbocycles. The van der Waals surface area contributed by atoms with Crippen LogP contribution in [0.2, 0.25) is 0 Å². The maximum Gasteiger partial charge on any atom is 0.405 e. The lowest BCUT2D eigenvalue weighted by Crippen LogP contribution is -2.67. The molecule has 0 radical (unpaired) electrons. The van der Waals surface area contributed by atoms with Gasteiger partial charge in [0, 0.05) is 5.54 Å². The van der Waals surface area contributed by atoms with E-state index in [1.807, 2.05) is 0 Å². The highest BCUT2D eigenvalue weighted by Gasteiger charge is 2.45. The predicted molar refractivity (Wildman–Crippen MR) is 43.9 cm³/mol. The molecule has 2 rings (SSSR count). The molecule has 1 saturated heterocycles. The van der Waals surface area contributed by atoms with Gasteiger partial charge in [0.25, 0.3) is 0 Å². The zero-order chi connectivity index (χ0) is 8.60. The third-order valence-electron chi connectivity index (χ3n) is 2.93. The van der Waals surface area contributed by atoms with Crippen LogP contribution in [0.5, 0.6) is 0 Å². The highest BCUT2D eigenvalue weighted by molar-refractivity contribution is 5.65. The molecule has 3 N–H and O–H groups in total. The predicted octanol–water partition coefficient (Wildman–Crippen LogP) is 0.886. The fraction of sp³-hybridized carbons (Fsp3) is 0.875. The van der Waals surface area contributed by atoms with Gasteiger partial charge in [-0.05, 0) is 19.3 Å². The zero-order valence-corrected chi connectivity index (χ0v) is 6.97. The molecule has 2 aliphatic rings. The van der Waals surface area contributed by atoms with E-state index >= 15 is 0 Å². The first-order valence-corrected chi connectivity index (χ1v) is 4.47. The van der Waals surface area contributed by atoms with Gasteiger partial charge in [-0.3, -0.25) is 5.32 Å². The molecule has 1 unspecified atom stereocenters. The lowest BCUT2D eigenvalue weighted by molar-refractivity contribution is 0.108. The van der Waals surface area contributed by atoms with Gasteiger partial charge in [-0.1, -0.05) is 12.8 Å². The van der Waals surface area contributed by atoms with E-state index in [0.717, 1.165) is 6.42 Å². The Hall–Kier alpha value is -0.770. The van der Waals surface area contributed by atoms with Crippen LogP contribution >= 0.6 is 0 Å². The Bertz CT molecular complexity index is 191. The Morgan fingerprint density at radius 1 is 1.50 bits per heavy atom. The zero-order valence-electron chi connectivity index (χ0n) is 6.97. The molecule has 1 saturated carbocycles. The van der Waals surface area contributed by atoms with Crippen LogP contribution in [-0.4, -0.2) is 22.9 Å². The van der Waals surface area contributed by atoms with Crippen molar-refractivity contribution in [1.29, 1.82) is 0 Å². The minimum atomic E-state index is -0.930. The summed E-state index contributed by atoms with van der Waals surface area (Å²) < 4.78 is 0. The first-order valence-electron chi connectivity index (χ1n) is 4.47. The number of hydrogen-bond donors (Lipinski definition) is 3. The summed E-state index contributed by atoms with van der Waals surface area (Å²) in [4.78, 5) is 10.3. The van der Waals surface area contributed by atoms with Gasteiger partial charge in [0.15, 0.2) is 0 Å². The summed E-state index contributed by atoms with van der Waals surface area (Å²) in [5, 5.41) is 14.2. The van der Waals surface area contributed by atoms with Crippen molar-refractivity contribution in [3.05, 3.63) is 0 Å². The number of hydrogen-bond acceptors (Lipinski definition) is 2. The topological polar surface area (TPSA) is 61.4 Å². The van der Waals surface area contributed by atoms with E-state index in [-0.39, 0.29) is 6.17 Å². The van der Waals surface area contributed by atoms with Crippen LogP contribution in [0, 0.1) is 0 Å². The molecule has 1 amide bonds. The van der Waals surface area contributed by atoms with Crippen molar-refractivity contribution in [3.8, 4) is 0 Å². The number of carboxylic acid groups (broad SMARTS) is 1. The third-order valence-corrected chi connectivity index (χ3v) is 2.93. The minimum Gasteiger partial charge on any atom is -0.465 e. The van der Waals surface area contributed by atoms with Crippen LogP contribution in [0.4, 0.5) is 4.79 Å². The first-order chi connectivity index (χ1) is 5.70. The van der Waals surface area contributed by atoms with Gasteiger partial charge in [-0.25, -0.2) is 4.79 Å². The quantitative estimate of drug-likeness (QED) is 0.547. The lowest BCUT2D eigenvalue weighted by Gasteiger charge is -2.46. The Kier molecular flexibility index (Phi) is 1.72. The summed E-state index contributed by atoms with van der Waals surface area (Å²) in [6, 6.07) is 0. The molecule has 68 valence electrons. The SMILES string of the molecule is O=C(O)NC1CC2(CCCC2)N1. The van der Waals surface area contributed by atoms with Gasteiger partial charge in [0.1, 0.15) is 0 Å². The Morgan fingerprint density at radius 3 is 2.58 bits per heavy atom. The third kappa shape index (κ3) is 1.27. The van der Waals surface area contributed by atoms with Crippen molar-refractivity contribution >= 4 is 6.09 Å². The number of rotatable bonds is 1. The van der Waals surface area contributed by atoms with Crippen LogP contribution in [-0.2, 0) is 0 Å². The second-order valence-corrected chi connectivity index (χ2v) is 3.84. The van der Waals surface area contributed by atoms with Crippen molar-refractivity contribution < 1.29 is 9.90 Å². The Labute approximate surface area is 71.3 Å². The van der Waals surface area contributed by atoms with E-state index in [9.17, 15) is 4.79 Å². The second kappa shape index (κ2) is 2.62. The molecule has 4 heteroatoms. The Balaban J connectivity index is 1.79. The smallest absolute Gasteiger partial charge is 0.405 e. The van der Waals surface area contributed by atoms with Gasteiger partial charge in [-0.2, -0.15) is 0 Å². The molecule has 1 aliphatic heterocycles. The highest BCUT2D eigenvalue weighted by atomic mass is 16.4. The van der Waals surface area contributed by atoms with E-state index in [1.54, 1.807) is 0 Å². The molecule has 0 aromatic rings. The Morgan fingerprint density at radius 2 is 2.08 bits per heavy atom. The molecule has 12 heavy (non-hydrogen) atoms. The largest absolute Gasteiger partial charge is 0.465 e. The summed E-state index contributed by atoms with van der Waals surface area (Å²) >= 11 is 0. The van der Waals surface area contributed by atoms with Gasteiger partial charge in [-0.15, -0.1) is 0 Å². The summed E-state index contributed by atoms with van der Waals surface area (Å²) in [6.07, 6.45) is 5.04. The molecular formula is C8H14N2O2. The lowest BCUT2D eigenvalue weighted by atomic mass is 9.83. The summed E-state index contributed by atoms with van der Waals surface area (Å²) in [7, 11) is 0. The second-order valence-electron chi connectivity index (χ2n) is 3.84. The molecule has 1 spiro atoms. The number of nitrogens with one attached hydrogen (secondary N) is 2. The van der Waals surface area contributed by atoms with Crippen molar-refractivity contribution in [2.45, 2.75) is 43.8 Å². The van der Waals surface area contributed by atoms with E-state index in [4.69, 9.17) is 5.11 Å². The molecule has 1 heterocycles. The fourth-order valence-corrected chi connectivity index (χ4v) is 2.38. The summed E-state index contributed by atoms with van der Waals surface area (Å²) in [5.74, 6) is 0. The van der Waals surface area contributed by atoms with Gasteiger partial charge in [0.05, 0.1) is 6.17 Å². The maximum absolute atomic E-state index is 10.3. The van der Waals surface area contributed by atoms with Gasteiger partial charge >= 0.3 is 6.09 Å². The monoisotopic (exact) mass is 170 g/mol.